The summed E-state index contributed by atoms with van der Waals surface area (Å²) in [5.74, 6) is 0.115. The van der Waals surface area contributed by atoms with E-state index in [9.17, 15) is 9.36 Å². The average Bonchev–Trinajstić information content (AvgIpc) is 3.35. The number of esters is 1. The molecule has 3 fully saturated rings. The minimum Gasteiger partial charge on any atom is -0.439 e. The molecule has 6 unspecified atom stereocenters. The molecular formula is C21H18NO4P. The molecule has 2 aliphatic carbocycles. The number of hydrogen-bond donors (Lipinski definition) is 1. The third kappa shape index (κ3) is 1.88. The van der Waals surface area contributed by atoms with Gasteiger partial charge in [-0.3, -0.25) is 14.8 Å². The highest BCUT2D eigenvalue weighted by Gasteiger charge is 2.66. The van der Waals surface area contributed by atoms with Gasteiger partial charge in [0.25, 0.3) is 7.37 Å². The maximum atomic E-state index is 14.4. The van der Waals surface area contributed by atoms with Crippen molar-refractivity contribution in [1.82, 2.24) is 0 Å². The van der Waals surface area contributed by atoms with Crippen LogP contribution in [0.15, 0.2) is 48.5 Å². The zero-order valence-electron chi connectivity index (χ0n) is 14.5. The Kier molecular flexibility index (Phi) is 2.96. The normalized spacial score (nSPS) is 38.0. The molecule has 0 spiro atoms. The number of hydrogen-bond acceptors (Lipinski definition) is 5. The van der Waals surface area contributed by atoms with Crippen LogP contribution in [-0.4, -0.2) is 17.5 Å². The SMILES string of the molecule is N=C1OC(=O)C2C3CC(CC3P3(=O)Oc4ccccc4-c4ccccc43)C12. The van der Waals surface area contributed by atoms with Gasteiger partial charge in [0.1, 0.15) is 5.75 Å². The largest absolute Gasteiger partial charge is 0.439 e. The third-order valence-electron chi connectivity index (χ3n) is 6.84. The van der Waals surface area contributed by atoms with Crippen molar-refractivity contribution in [1.29, 1.82) is 5.41 Å². The molecule has 2 heterocycles. The minimum atomic E-state index is -3.20. The first-order valence-corrected chi connectivity index (χ1v) is 11.1. The van der Waals surface area contributed by atoms with E-state index in [2.05, 4.69) is 0 Å². The second kappa shape index (κ2) is 5.11. The molecule has 2 aromatic carbocycles. The van der Waals surface area contributed by atoms with E-state index >= 15 is 0 Å². The lowest BCUT2D eigenvalue weighted by Gasteiger charge is -2.37. The first-order valence-electron chi connectivity index (χ1n) is 9.36. The van der Waals surface area contributed by atoms with Gasteiger partial charge in [-0.2, -0.15) is 0 Å². The van der Waals surface area contributed by atoms with Crippen molar-refractivity contribution < 1.29 is 18.6 Å². The number of ether oxygens (including phenoxy) is 1. The summed E-state index contributed by atoms with van der Waals surface area (Å²) in [7, 11) is -3.20. The molecule has 0 amide bonds. The van der Waals surface area contributed by atoms with Crippen LogP contribution in [0.5, 0.6) is 5.75 Å². The zero-order chi connectivity index (χ0) is 18.3. The number of carbonyl (C=O) groups is 1. The van der Waals surface area contributed by atoms with Gasteiger partial charge in [-0.1, -0.05) is 36.4 Å². The Hall–Kier alpha value is -2.39. The summed E-state index contributed by atoms with van der Waals surface area (Å²) >= 11 is 0. The van der Waals surface area contributed by atoms with Gasteiger partial charge in [0.05, 0.1) is 22.8 Å². The van der Waals surface area contributed by atoms with Crippen LogP contribution >= 0.6 is 7.37 Å². The molecule has 1 N–H and O–H groups in total. The van der Waals surface area contributed by atoms with Crippen molar-refractivity contribution in [3.63, 3.8) is 0 Å². The highest BCUT2D eigenvalue weighted by Crippen LogP contribution is 2.69. The Bertz CT molecular complexity index is 1060. The van der Waals surface area contributed by atoms with Gasteiger partial charge in [-0.15, -0.1) is 0 Å². The van der Waals surface area contributed by atoms with Gasteiger partial charge in [0.15, 0.2) is 5.90 Å². The van der Waals surface area contributed by atoms with Crippen molar-refractivity contribution in [2.75, 3.05) is 0 Å². The molecule has 2 bridgehead atoms. The van der Waals surface area contributed by atoms with Crippen LogP contribution in [0.25, 0.3) is 11.1 Å². The first-order chi connectivity index (χ1) is 13.1. The highest BCUT2D eigenvalue weighted by molar-refractivity contribution is 7.68. The van der Waals surface area contributed by atoms with Crippen LogP contribution in [0.1, 0.15) is 12.8 Å². The quantitative estimate of drug-likeness (QED) is 0.604. The summed E-state index contributed by atoms with van der Waals surface area (Å²) in [6, 6.07) is 15.5. The molecule has 27 heavy (non-hydrogen) atoms. The smallest absolute Gasteiger partial charge is 0.316 e. The molecule has 6 heteroatoms. The number of benzene rings is 2. The number of cyclic esters (lactones) is 1. The van der Waals surface area contributed by atoms with Crippen LogP contribution in [-0.2, 0) is 14.1 Å². The number of carbonyl (C=O) groups excluding carboxylic acids is 1. The maximum Gasteiger partial charge on any atom is 0.316 e. The van der Waals surface area contributed by atoms with E-state index < -0.39 is 7.37 Å². The van der Waals surface area contributed by atoms with Gasteiger partial charge in [-0.05, 0) is 42.4 Å². The fraction of sp³-hybridized carbons (Fsp3) is 0.333. The number of nitrogens with one attached hydrogen (secondary N) is 1. The summed E-state index contributed by atoms with van der Waals surface area (Å²) in [4.78, 5) is 12.3. The van der Waals surface area contributed by atoms with E-state index in [-0.39, 0.29) is 41.2 Å². The molecule has 2 aromatic rings. The molecule has 6 atom stereocenters. The Labute approximate surface area is 156 Å². The van der Waals surface area contributed by atoms with Gasteiger partial charge >= 0.3 is 5.97 Å². The molecule has 0 aromatic heterocycles. The fourth-order valence-corrected chi connectivity index (χ4v) is 9.07. The van der Waals surface area contributed by atoms with Crippen LogP contribution in [0.3, 0.4) is 0 Å². The molecule has 0 radical (unpaired) electrons. The Balaban J connectivity index is 1.49. The Morgan fingerprint density at radius 2 is 1.70 bits per heavy atom. The molecule has 2 aliphatic heterocycles. The van der Waals surface area contributed by atoms with Crippen molar-refractivity contribution >= 4 is 24.5 Å². The van der Waals surface area contributed by atoms with Crippen molar-refractivity contribution in [2.24, 2.45) is 23.7 Å². The van der Waals surface area contributed by atoms with E-state index in [0.29, 0.717) is 5.75 Å². The first kappa shape index (κ1) is 15.6. The number of para-hydroxylation sites is 1. The Morgan fingerprint density at radius 3 is 2.56 bits per heavy atom. The van der Waals surface area contributed by atoms with Crippen molar-refractivity contribution in [3.8, 4) is 16.9 Å². The van der Waals surface area contributed by atoms with Crippen LogP contribution in [0.2, 0.25) is 0 Å². The highest BCUT2D eigenvalue weighted by atomic mass is 31.2. The Morgan fingerprint density at radius 1 is 0.963 bits per heavy atom. The second-order valence-electron chi connectivity index (χ2n) is 8.00. The summed E-state index contributed by atoms with van der Waals surface area (Å²) in [5.41, 5.74) is 1.73. The van der Waals surface area contributed by atoms with Gasteiger partial charge in [0.2, 0.25) is 0 Å². The number of fused-ring (bicyclic) bond motifs is 8. The van der Waals surface area contributed by atoms with E-state index in [1.54, 1.807) is 0 Å². The standard InChI is InChI=1S/C21H18NO4P/c22-20-18-11-9-14(19(18)21(23)25-20)17(10-11)27(24)16-8-4-2-6-13(16)12-5-1-3-7-15(12)26-27/h1-8,11,14,17-19,22H,9-10H2. The summed E-state index contributed by atoms with van der Waals surface area (Å²) < 4.78 is 25.7. The van der Waals surface area contributed by atoms with Crippen molar-refractivity contribution in [3.05, 3.63) is 48.5 Å². The van der Waals surface area contributed by atoms with E-state index in [1.165, 1.54) is 0 Å². The van der Waals surface area contributed by atoms with Crippen LogP contribution < -0.4 is 9.83 Å². The summed E-state index contributed by atoms with van der Waals surface area (Å²) in [6.07, 6.45) is 1.55. The number of rotatable bonds is 1. The summed E-state index contributed by atoms with van der Waals surface area (Å²) in [6.45, 7) is 0. The predicted octanol–water partition coefficient (Wildman–Crippen LogP) is 3.82. The topological polar surface area (TPSA) is 76.5 Å². The lowest BCUT2D eigenvalue weighted by molar-refractivity contribution is -0.138. The maximum absolute atomic E-state index is 14.4. The molecular weight excluding hydrogens is 361 g/mol. The van der Waals surface area contributed by atoms with E-state index in [0.717, 1.165) is 29.3 Å². The third-order valence-corrected chi connectivity index (χ3v) is 9.84. The summed E-state index contributed by atoms with van der Waals surface area (Å²) in [5, 5.41) is 8.75. The van der Waals surface area contributed by atoms with Crippen LogP contribution in [0, 0.1) is 29.1 Å². The second-order valence-corrected chi connectivity index (χ2v) is 10.5. The van der Waals surface area contributed by atoms with E-state index in [1.807, 2.05) is 48.5 Å². The average molecular weight is 379 g/mol. The molecule has 4 aliphatic rings. The van der Waals surface area contributed by atoms with Crippen LogP contribution in [0.4, 0.5) is 0 Å². The van der Waals surface area contributed by atoms with E-state index in [4.69, 9.17) is 14.7 Å². The van der Waals surface area contributed by atoms with Crippen molar-refractivity contribution in [2.45, 2.75) is 18.5 Å². The molecule has 6 rings (SSSR count). The zero-order valence-corrected chi connectivity index (χ0v) is 15.4. The lowest BCUT2D eigenvalue weighted by atomic mass is 9.80. The molecule has 1 saturated heterocycles. The molecule has 136 valence electrons. The predicted molar refractivity (Wildman–Crippen MR) is 101 cm³/mol. The fourth-order valence-electron chi connectivity index (χ4n) is 5.84. The van der Waals surface area contributed by atoms with Gasteiger partial charge in [-0.25, -0.2) is 0 Å². The lowest BCUT2D eigenvalue weighted by Crippen LogP contribution is -2.37. The minimum absolute atomic E-state index is 0.0421. The molecule has 2 saturated carbocycles. The molecule has 5 nitrogen and oxygen atoms in total. The van der Waals surface area contributed by atoms with Gasteiger partial charge in [0, 0.05) is 5.56 Å². The van der Waals surface area contributed by atoms with Gasteiger partial charge < -0.3 is 9.26 Å². The monoisotopic (exact) mass is 379 g/mol.